The zero-order valence-corrected chi connectivity index (χ0v) is 16.2. The summed E-state index contributed by atoms with van der Waals surface area (Å²) in [4.78, 5) is 15.9. The van der Waals surface area contributed by atoms with Gasteiger partial charge in [0.2, 0.25) is 6.79 Å². The summed E-state index contributed by atoms with van der Waals surface area (Å²) in [5.41, 5.74) is 1.36. The van der Waals surface area contributed by atoms with Gasteiger partial charge in [-0.1, -0.05) is 0 Å². The lowest BCUT2D eigenvalue weighted by Gasteiger charge is -2.18. The van der Waals surface area contributed by atoms with E-state index in [2.05, 4.69) is 14.5 Å². The van der Waals surface area contributed by atoms with Gasteiger partial charge in [0.1, 0.15) is 5.01 Å². The maximum absolute atomic E-state index is 13.9. The molecule has 0 N–H and O–H groups in total. The topological polar surface area (TPSA) is 76.1 Å². The van der Waals surface area contributed by atoms with E-state index in [0.29, 0.717) is 22.1 Å². The minimum absolute atomic E-state index is 0.0277. The highest BCUT2D eigenvalue weighted by atomic mass is 32.1. The van der Waals surface area contributed by atoms with Crippen molar-refractivity contribution in [3.8, 4) is 33.6 Å². The standard InChI is InChI=1S/C19H15F2NO6S/c1-3-25-18(23)19(20,21)28-12-5-4-10(6-13(12)24-2)17-22-11-7-14-15(27-9-26-14)8-16(11)29-17/h4-8H,3,9H2,1-2H3. The number of hydrogen-bond donors (Lipinski definition) is 0. The Morgan fingerprint density at radius 2 is 1.97 bits per heavy atom. The lowest BCUT2D eigenvalue weighted by atomic mass is 10.2. The second-order valence-electron chi connectivity index (χ2n) is 5.90. The van der Waals surface area contributed by atoms with Crippen molar-refractivity contribution in [1.82, 2.24) is 4.98 Å². The van der Waals surface area contributed by atoms with Crippen molar-refractivity contribution in [3.63, 3.8) is 0 Å². The Hall–Kier alpha value is -3.14. The molecule has 1 aromatic heterocycles. The number of fused-ring (bicyclic) bond motifs is 2. The molecule has 152 valence electrons. The van der Waals surface area contributed by atoms with Crippen molar-refractivity contribution in [2.45, 2.75) is 13.0 Å². The highest BCUT2D eigenvalue weighted by molar-refractivity contribution is 7.21. The van der Waals surface area contributed by atoms with Crippen molar-refractivity contribution >= 4 is 27.5 Å². The van der Waals surface area contributed by atoms with Gasteiger partial charge in [-0.25, -0.2) is 9.78 Å². The van der Waals surface area contributed by atoms with Gasteiger partial charge in [-0.2, -0.15) is 8.78 Å². The number of ether oxygens (including phenoxy) is 5. The Morgan fingerprint density at radius 1 is 1.21 bits per heavy atom. The van der Waals surface area contributed by atoms with Gasteiger partial charge in [-0.3, -0.25) is 0 Å². The predicted octanol–water partition coefficient (Wildman–Crippen LogP) is 4.24. The molecular formula is C19H15F2NO6S. The minimum Gasteiger partial charge on any atom is -0.493 e. The summed E-state index contributed by atoms with van der Waals surface area (Å²) >= 11 is 1.40. The molecule has 10 heteroatoms. The van der Waals surface area contributed by atoms with E-state index in [0.717, 1.165) is 10.2 Å². The van der Waals surface area contributed by atoms with Crippen LogP contribution in [-0.2, 0) is 9.53 Å². The number of nitrogens with zero attached hydrogens (tertiary/aromatic N) is 1. The fraction of sp³-hybridized carbons (Fsp3) is 0.263. The van der Waals surface area contributed by atoms with Crippen molar-refractivity contribution in [3.05, 3.63) is 30.3 Å². The number of carbonyl (C=O) groups is 1. The van der Waals surface area contributed by atoms with Crippen LogP contribution in [0.2, 0.25) is 0 Å². The molecule has 0 saturated heterocycles. The van der Waals surface area contributed by atoms with E-state index < -0.39 is 12.1 Å². The van der Waals surface area contributed by atoms with E-state index in [1.165, 1.54) is 37.5 Å². The van der Waals surface area contributed by atoms with Crippen LogP contribution in [0.4, 0.5) is 8.78 Å². The molecule has 0 spiro atoms. The van der Waals surface area contributed by atoms with Crippen molar-refractivity contribution < 1.29 is 37.3 Å². The third-order valence-corrected chi connectivity index (χ3v) is 5.11. The number of alkyl halides is 2. The third kappa shape index (κ3) is 3.63. The number of methoxy groups -OCH3 is 1. The van der Waals surface area contributed by atoms with Crippen molar-refractivity contribution in [2.75, 3.05) is 20.5 Å². The molecule has 7 nitrogen and oxygen atoms in total. The van der Waals surface area contributed by atoms with Crippen LogP contribution in [0.3, 0.4) is 0 Å². The molecule has 29 heavy (non-hydrogen) atoms. The first-order valence-corrected chi connectivity index (χ1v) is 9.35. The summed E-state index contributed by atoms with van der Waals surface area (Å²) < 4.78 is 53.5. The lowest BCUT2D eigenvalue weighted by Crippen LogP contribution is -2.37. The Balaban J connectivity index is 1.64. The molecule has 0 bridgehead atoms. The summed E-state index contributed by atoms with van der Waals surface area (Å²) in [6.07, 6.45) is -4.14. The number of carbonyl (C=O) groups excluding carboxylic acids is 1. The molecule has 2 heterocycles. The number of esters is 1. The number of hydrogen-bond acceptors (Lipinski definition) is 8. The van der Waals surface area contributed by atoms with Gasteiger partial charge < -0.3 is 23.7 Å². The van der Waals surface area contributed by atoms with Crippen molar-refractivity contribution in [2.24, 2.45) is 0 Å². The summed E-state index contributed by atoms with van der Waals surface area (Å²) in [7, 11) is 1.31. The van der Waals surface area contributed by atoms with E-state index in [1.54, 1.807) is 12.1 Å². The number of benzene rings is 2. The first-order valence-electron chi connectivity index (χ1n) is 8.54. The zero-order chi connectivity index (χ0) is 20.6. The highest BCUT2D eigenvalue weighted by Crippen LogP contribution is 2.41. The molecule has 4 rings (SSSR count). The van der Waals surface area contributed by atoms with Gasteiger partial charge in [0.15, 0.2) is 23.0 Å². The second kappa shape index (κ2) is 7.36. The summed E-state index contributed by atoms with van der Waals surface area (Å²) in [6.45, 7) is 1.41. The second-order valence-corrected chi connectivity index (χ2v) is 6.93. The van der Waals surface area contributed by atoms with Gasteiger partial charge >= 0.3 is 12.1 Å². The van der Waals surface area contributed by atoms with Gasteiger partial charge in [0.05, 0.1) is 23.9 Å². The highest BCUT2D eigenvalue weighted by Gasteiger charge is 2.44. The summed E-state index contributed by atoms with van der Waals surface area (Å²) in [6, 6.07) is 7.98. The smallest absolute Gasteiger partial charge is 0.493 e. The Labute approximate surface area is 167 Å². The number of halogens is 2. The average molecular weight is 423 g/mol. The summed E-state index contributed by atoms with van der Waals surface area (Å²) in [5.74, 6) is -0.766. The van der Waals surface area contributed by atoms with Gasteiger partial charge in [0, 0.05) is 17.7 Å². The Bertz CT molecular complexity index is 1040. The van der Waals surface area contributed by atoms with Crippen LogP contribution in [0.5, 0.6) is 23.0 Å². The molecule has 0 aliphatic carbocycles. The maximum Gasteiger partial charge on any atom is 0.502 e. The van der Waals surface area contributed by atoms with Gasteiger partial charge in [-0.15, -0.1) is 11.3 Å². The molecule has 0 radical (unpaired) electrons. The SMILES string of the molecule is CCOC(=O)C(F)(F)Oc1ccc(-c2nc3cc4c(cc3s2)OCO4)cc1OC. The van der Waals surface area contributed by atoms with Crippen LogP contribution >= 0.6 is 11.3 Å². The number of aromatic nitrogens is 1. The van der Waals surface area contributed by atoms with E-state index in [-0.39, 0.29) is 24.9 Å². The van der Waals surface area contributed by atoms with Crippen molar-refractivity contribution in [1.29, 1.82) is 0 Å². The summed E-state index contributed by atoms with van der Waals surface area (Å²) in [5, 5.41) is 0.644. The lowest BCUT2D eigenvalue weighted by molar-refractivity contribution is -0.216. The van der Waals surface area contributed by atoms with Gasteiger partial charge in [0.25, 0.3) is 0 Å². The van der Waals surface area contributed by atoms with Crippen LogP contribution in [0.15, 0.2) is 30.3 Å². The van der Waals surface area contributed by atoms with Crippen LogP contribution in [0, 0.1) is 0 Å². The quantitative estimate of drug-likeness (QED) is 0.549. The molecule has 0 saturated carbocycles. The molecule has 0 unspecified atom stereocenters. The molecule has 0 fully saturated rings. The Morgan fingerprint density at radius 3 is 2.69 bits per heavy atom. The molecule has 0 atom stereocenters. The van der Waals surface area contributed by atoms with Crippen LogP contribution in [0.1, 0.15) is 6.92 Å². The minimum atomic E-state index is -4.14. The molecule has 0 amide bonds. The molecular weight excluding hydrogens is 408 g/mol. The normalized spacial score (nSPS) is 12.8. The monoisotopic (exact) mass is 423 g/mol. The number of rotatable bonds is 6. The van der Waals surface area contributed by atoms with E-state index in [4.69, 9.17) is 14.2 Å². The zero-order valence-electron chi connectivity index (χ0n) is 15.4. The average Bonchev–Trinajstić information content (AvgIpc) is 3.32. The number of thiazole rings is 1. The first-order chi connectivity index (χ1) is 13.9. The van der Waals surface area contributed by atoms with E-state index in [9.17, 15) is 13.6 Å². The molecule has 1 aliphatic rings. The van der Waals surface area contributed by atoms with Crippen LogP contribution in [-0.4, -0.2) is 37.6 Å². The Kier molecular flexibility index (Phi) is 4.87. The maximum atomic E-state index is 13.9. The van der Waals surface area contributed by atoms with Crippen LogP contribution in [0.25, 0.3) is 20.8 Å². The first kappa shape index (κ1) is 19.2. The largest absolute Gasteiger partial charge is 0.502 e. The fourth-order valence-electron chi connectivity index (χ4n) is 2.72. The third-order valence-electron chi connectivity index (χ3n) is 4.04. The van der Waals surface area contributed by atoms with E-state index in [1.807, 2.05) is 6.07 Å². The van der Waals surface area contributed by atoms with Crippen LogP contribution < -0.4 is 18.9 Å². The predicted molar refractivity (Wildman–Crippen MR) is 99.9 cm³/mol. The van der Waals surface area contributed by atoms with E-state index >= 15 is 0 Å². The molecule has 1 aliphatic heterocycles. The molecule has 3 aromatic rings. The van der Waals surface area contributed by atoms with Gasteiger partial charge in [-0.05, 0) is 25.1 Å². The molecule has 2 aromatic carbocycles. The fourth-order valence-corrected chi connectivity index (χ4v) is 3.69.